The molecule has 0 spiro atoms. The van der Waals surface area contributed by atoms with Crippen LogP contribution in [0.25, 0.3) is 16.7 Å². The van der Waals surface area contributed by atoms with E-state index in [2.05, 4.69) is 20.4 Å². The number of oxime groups is 1. The molecule has 0 saturated carbocycles. The second-order valence-corrected chi connectivity index (χ2v) is 8.93. The lowest BCUT2D eigenvalue weighted by Gasteiger charge is -2.48. The minimum absolute atomic E-state index is 0.116. The molecule has 0 unspecified atom stereocenters. The Morgan fingerprint density at radius 1 is 1.43 bits per heavy atom. The van der Waals surface area contributed by atoms with Gasteiger partial charge in [0.25, 0.3) is 11.8 Å². The summed E-state index contributed by atoms with van der Waals surface area (Å²) in [4.78, 5) is 52.5. The number of hydrogen-bond donors (Lipinski definition) is 3. The number of nitrogens with two attached hydrogens (primary N) is 1. The van der Waals surface area contributed by atoms with Gasteiger partial charge < -0.3 is 25.6 Å². The second kappa shape index (κ2) is 8.47. The van der Waals surface area contributed by atoms with Gasteiger partial charge in [0.2, 0.25) is 11.9 Å². The number of aliphatic carboxylic acids is 1. The van der Waals surface area contributed by atoms with Crippen molar-refractivity contribution in [1.82, 2.24) is 24.8 Å². The summed E-state index contributed by atoms with van der Waals surface area (Å²) in [6.45, 7) is 0. The van der Waals surface area contributed by atoms with Gasteiger partial charge in [-0.25, -0.2) is 14.8 Å². The molecule has 3 aromatic heterocycles. The fourth-order valence-corrected chi connectivity index (χ4v) is 5.00. The lowest BCUT2D eigenvalue weighted by Crippen LogP contribution is -2.72. The number of pyridine rings is 1. The number of imidazole rings is 1. The maximum Gasteiger partial charge on any atom is 0.359 e. The van der Waals surface area contributed by atoms with Crippen LogP contribution in [0.3, 0.4) is 0 Å². The van der Waals surface area contributed by atoms with E-state index in [4.69, 9.17) is 10.6 Å². The fraction of sp³-hybridized carbons (Fsp3) is 0.286. The number of hydrogen-bond acceptors (Lipinski definition) is 9. The number of β-lactam (4-membered cyclic amide) rings is 1. The summed E-state index contributed by atoms with van der Waals surface area (Å²) in [5.41, 5.74) is 7.68. The molecule has 1 saturated heterocycles. The van der Waals surface area contributed by atoms with Gasteiger partial charge in [-0.15, -0.1) is 11.3 Å². The number of aryl methyl sites for hydroxylation is 1. The van der Waals surface area contributed by atoms with E-state index >= 15 is 0 Å². The molecule has 0 bridgehead atoms. The smallest absolute Gasteiger partial charge is 0.359 e. The van der Waals surface area contributed by atoms with Gasteiger partial charge in [0.05, 0.1) is 17.9 Å². The van der Waals surface area contributed by atoms with Crippen molar-refractivity contribution < 1.29 is 28.9 Å². The van der Waals surface area contributed by atoms with Crippen LogP contribution in [-0.4, -0.2) is 67.2 Å². The Kier molecular flexibility index (Phi) is 5.43. The highest BCUT2D eigenvalue weighted by molar-refractivity contribution is 7.13. The first-order valence-electron chi connectivity index (χ1n) is 10.6. The van der Waals surface area contributed by atoms with Crippen LogP contribution < -0.4 is 15.6 Å². The number of nitrogen functional groups attached to an aromatic ring is 1. The Hall–Kier alpha value is -4.33. The number of nitrogens with zero attached hydrogens (tertiary/aromatic N) is 6. The number of carbonyl (C=O) groups is 3. The minimum Gasteiger partial charge on any atom is -0.476 e. The Morgan fingerprint density at radius 3 is 2.91 bits per heavy atom. The SMILES string of the molecule is CO/N=C(\C(=O)N[C@@H]1C(=O)N2C(C(=O)O)=C([n+]3ccc4c(c3)ncn4C)CC[C@H]12)c1csc(N)n1. The van der Waals surface area contributed by atoms with Crippen molar-refractivity contribution in [3.8, 4) is 0 Å². The summed E-state index contributed by atoms with van der Waals surface area (Å²) >= 11 is 1.13. The van der Waals surface area contributed by atoms with Gasteiger partial charge in [0.15, 0.2) is 28.3 Å². The zero-order chi connectivity index (χ0) is 24.9. The Morgan fingerprint density at radius 2 is 2.23 bits per heavy atom. The molecular weight excluding hydrogens is 476 g/mol. The van der Waals surface area contributed by atoms with Gasteiger partial charge in [-0.05, 0) is 6.42 Å². The highest BCUT2D eigenvalue weighted by Gasteiger charge is 2.55. The van der Waals surface area contributed by atoms with Crippen LogP contribution in [0.1, 0.15) is 18.5 Å². The molecule has 3 aromatic rings. The van der Waals surface area contributed by atoms with E-state index in [1.807, 2.05) is 17.7 Å². The van der Waals surface area contributed by atoms with E-state index < -0.39 is 29.9 Å². The molecule has 1 fully saturated rings. The third kappa shape index (κ3) is 3.67. The first-order chi connectivity index (χ1) is 16.8. The van der Waals surface area contributed by atoms with E-state index in [9.17, 15) is 19.5 Å². The molecule has 2 aliphatic rings. The van der Waals surface area contributed by atoms with Gasteiger partial charge in [0.1, 0.15) is 18.8 Å². The molecule has 0 aromatic carbocycles. The standard InChI is InChI=1S/C21H20N8O5S/c1-27-9-23-10-7-28(6-5-12(10)27)14-4-3-13-16(19(31)29(13)17(14)20(32)33)25-18(30)15(26-34-2)11-8-35-21(22)24-11/h5-9,13,16H,3-4H2,1-2H3,(H3-,22,24,25,30,32,33)/p+1/b26-15-/t13-,16+/m1/s1. The van der Waals surface area contributed by atoms with Gasteiger partial charge in [-0.1, -0.05) is 5.16 Å². The van der Waals surface area contributed by atoms with E-state index in [0.717, 1.165) is 16.9 Å². The molecule has 35 heavy (non-hydrogen) atoms. The van der Waals surface area contributed by atoms with Gasteiger partial charge in [-0.3, -0.25) is 14.5 Å². The number of amides is 2. The number of rotatable bonds is 6. The van der Waals surface area contributed by atoms with E-state index in [-0.39, 0.29) is 22.2 Å². The average Bonchev–Trinajstić information content (AvgIpc) is 3.44. The number of thiazole rings is 1. The Bertz CT molecular complexity index is 1440. The first-order valence-corrected chi connectivity index (χ1v) is 11.4. The number of carboxylic acid groups (broad SMARTS) is 1. The van der Waals surface area contributed by atoms with Crippen LogP contribution in [0.5, 0.6) is 0 Å². The topological polar surface area (TPSA) is 169 Å². The molecule has 0 aliphatic carbocycles. The van der Waals surface area contributed by atoms with Crippen LogP contribution >= 0.6 is 11.3 Å². The molecule has 14 heteroatoms. The zero-order valence-corrected chi connectivity index (χ0v) is 19.5. The predicted octanol–water partition coefficient (Wildman–Crippen LogP) is -0.307. The lowest BCUT2D eigenvalue weighted by molar-refractivity contribution is -0.583. The van der Waals surface area contributed by atoms with Crippen molar-refractivity contribution in [3.05, 3.63) is 41.6 Å². The number of anilines is 1. The number of aromatic nitrogens is 4. The van der Waals surface area contributed by atoms with Crippen molar-refractivity contribution in [3.63, 3.8) is 0 Å². The van der Waals surface area contributed by atoms with Gasteiger partial charge in [-0.2, -0.15) is 4.57 Å². The van der Waals surface area contributed by atoms with E-state index in [1.54, 1.807) is 28.7 Å². The monoisotopic (exact) mass is 497 g/mol. The van der Waals surface area contributed by atoms with Crippen molar-refractivity contribution in [2.24, 2.45) is 12.2 Å². The van der Waals surface area contributed by atoms with Crippen LogP contribution in [-0.2, 0) is 26.3 Å². The highest BCUT2D eigenvalue weighted by atomic mass is 32.1. The van der Waals surface area contributed by atoms with Crippen LogP contribution in [0, 0.1) is 0 Å². The molecule has 5 rings (SSSR count). The maximum absolute atomic E-state index is 13.0. The normalized spacial score (nSPS) is 20.0. The number of nitrogens with one attached hydrogen (secondary N) is 1. The second-order valence-electron chi connectivity index (χ2n) is 8.04. The third-order valence-corrected chi connectivity index (χ3v) is 6.71. The van der Waals surface area contributed by atoms with Crippen LogP contribution in [0.2, 0.25) is 0 Å². The Labute approximate surface area is 202 Å². The first kappa shape index (κ1) is 22.5. The largest absolute Gasteiger partial charge is 0.476 e. The highest BCUT2D eigenvalue weighted by Crippen LogP contribution is 2.37. The van der Waals surface area contributed by atoms with E-state index in [1.165, 1.54) is 12.0 Å². The van der Waals surface area contributed by atoms with Gasteiger partial charge >= 0.3 is 5.97 Å². The molecule has 4 N–H and O–H groups in total. The molecule has 2 aliphatic heterocycles. The van der Waals surface area contributed by atoms with Crippen molar-refractivity contribution in [2.75, 3.05) is 12.8 Å². The van der Waals surface area contributed by atoms with Crippen LogP contribution in [0.4, 0.5) is 5.13 Å². The summed E-state index contributed by atoms with van der Waals surface area (Å²) in [5, 5.41) is 18.1. The predicted molar refractivity (Wildman–Crippen MR) is 124 cm³/mol. The zero-order valence-electron chi connectivity index (χ0n) is 18.7. The molecule has 13 nitrogen and oxygen atoms in total. The molecule has 0 radical (unpaired) electrons. The third-order valence-electron chi connectivity index (χ3n) is 6.04. The average molecular weight is 498 g/mol. The van der Waals surface area contributed by atoms with Crippen LogP contribution in [0.15, 0.2) is 41.0 Å². The Balaban J connectivity index is 1.42. The molecular formula is C21H21N8O5S+. The molecule has 2 amide bonds. The van der Waals surface area contributed by atoms with Crippen molar-refractivity contribution in [2.45, 2.75) is 24.9 Å². The minimum atomic E-state index is -1.23. The summed E-state index contributed by atoms with van der Waals surface area (Å²) in [6, 6.07) is 0.425. The number of allylic oxidation sites excluding steroid dienone is 1. The number of carboxylic acids is 1. The summed E-state index contributed by atoms with van der Waals surface area (Å²) in [6.07, 6.45) is 6.00. The maximum atomic E-state index is 13.0. The fourth-order valence-electron chi connectivity index (χ4n) is 4.45. The molecule has 5 heterocycles. The number of carbonyl (C=O) groups excluding carboxylic acids is 2. The molecule has 2 atom stereocenters. The lowest BCUT2D eigenvalue weighted by atomic mass is 9.85. The van der Waals surface area contributed by atoms with Crippen molar-refractivity contribution >= 4 is 56.7 Å². The summed E-state index contributed by atoms with van der Waals surface area (Å²) < 4.78 is 3.54. The summed E-state index contributed by atoms with van der Waals surface area (Å²) in [5.74, 6) is -2.42. The molecule has 180 valence electrons. The summed E-state index contributed by atoms with van der Waals surface area (Å²) in [7, 11) is 3.15. The van der Waals surface area contributed by atoms with E-state index in [0.29, 0.717) is 24.1 Å². The number of fused-ring (bicyclic) bond motifs is 2. The van der Waals surface area contributed by atoms with Gasteiger partial charge in [0, 0.05) is 24.9 Å². The quantitative estimate of drug-likeness (QED) is 0.180. The van der Waals surface area contributed by atoms with Crippen molar-refractivity contribution in [1.29, 1.82) is 0 Å².